The summed E-state index contributed by atoms with van der Waals surface area (Å²) in [6.45, 7) is 0. The van der Waals surface area contributed by atoms with E-state index in [9.17, 15) is 25.3 Å². The molecule has 0 saturated heterocycles. The Balaban J connectivity index is 1.66. The molecule has 2 aromatic carbocycles. The van der Waals surface area contributed by atoms with Crippen molar-refractivity contribution in [2.24, 2.45) is 0 Å². The second-order valence-electron chi connectivity index (χ2n) is 6.55. The highest BCUT2D eigenvalue weighted by Crippen LogP contribution is 2.16. The molecule has 0 atom stereocenters. The highest BCUT2D eigenvalue weighted by atomic mass is 35.5. The zero-order valence-corrected chi connectivity index (χ0v) is 20.4. The first kappa shape index (κ1) is 25.3. The van der Waals surface area contributed by atoms with Crippen LogP contribution in [-0.4, -0.2) is 35.5 Å². The van der Waals surface area contributed by atoms with Crippen LogP contribution in [0, 0.1) is 0 Å². The Morgan fingerprint density at radius 3 is 1.88 bits per heavy atom. The summed E-state index contributed by atoms with van der Waals surface area (Å²) in [5.41, 5.74) is 0.591. The molecule has 10 nitrogen and oxygen atoms in total. The number of sulfonamides is 2. The molecule has 0 aliphatic heterocycles. The van der Waals surface area contributed by atoms with Gasteiger partial charge >= 0.3 is 0 Å². The van der Waals surface area contributed by atoms with Gasteiger partial charge < -0.3 is 4.42 Å². The van der Waals surface area contributed by atoms with E-state index in [-0.39, 0.29) is 15.8 Å². The van der Waals surface area contributed by atoms with Gasteiger partial charge in [-0.2, -0.15) is 0 Å². The first-order chi connectivity index (χ1) is 15.3. The minimum atomic E-state index is -4.47. The van der Waals surface area contributed by atoms with Crippen LogP contribution in [0.1, 0.15) is 17.3 Å². The fourth-order valence-electron chi connectivity index (χ4n) is 2.40. The van der Waals surface area contributed by atoms with Crippen molar-refractivity contribution in [3.05, 3.63) is 81.3 Å². The monoisotopic (exact) mass is 551 g/mol. The minimum absolute atomic E-state index is 0.271. The smallest absolute Gasteiger partial charge is 0.253 e. The molecule has 3 aromatic rings. The number of nitrogens with zero attached hydrogens (tertiary/aromatic N) is 2. The molecule has 0 saturated carbocycles. The summed E-state index contributed by atoms with van der Waals surface area (Å²) in [6.07, 6.45) is 1.35. The lowest BCUT2D eigenvalue weighted by Gasteiger charge is -2.06. The van der Waals surface area contributed by atoms with Crippen molar-refractivity contribution in [2.45, 2.75) is 16.4 Å². The van der Waals surface area contributed by atoms with Crippen LogP contribution in [0.25, 0.3) is 6.08 Å². The maximum absolute atomic E-state index is 12.3. The number of aromatic nitrogens is 2. The molecule has 0 aliphatic carbocycles. The van der Waals surface area contributed by atoms with Gasteiger partial charge in [-0.25, -0.2) is 25.3 Å². The van der Waals surface area contributed by atoms with E-state index in [4.69, 9.17) is 27.6 Å². The van der Waals surface area contributed by atoms with E-state index in [1.165, 1.54) is 18.2 Å². The van der Waals surface area contributed by atoms with Gasteiger partial charge in [-0.05, 0) is 48.0 Å². The van der Waals surface area contributed by atoms with Gasteiger partial charge in [-0.3, -0.25) is 0 Å². The largest absolute Gasteiger partial charge is 0.423 e. The fraction of sp³-hybridized carbons (Fsp3) is 0.111. The van der Waals surface area contributed by atoms with Crippen LogP contribution in [0.4, 0.5) is 0 Å². The second kappa shape index (κ2) is 9.91. The van der Waals surface area contributed by atoms with Crippen LogP contribution >= 0.6 is 23.2 Å². The van der Waals surface area contributed by atoms with Crippen LogP contribution in [0.5, 0.6) is 0 Å². The lowest BCUT2D eigenvalue weighted by molar-refractivity contribution is 0.472. The topological polar surface area (TPSA) is 153 Å². The highest BCUT2D eigenvalue weighted by molar-refractivity contribution is 8.04. The molecule has 1 heterocycles. The van der Waals surface area contributed by atoms with Gasteiger partial charge in [0.2, 0.25) is 21.8 Å². The summed E-state index contributed by atoms with van der Waals surface area (Å²) in [5, 5.41) is 8.70. The number of sulfone groups is 1. The van der Waals surface area contributed by atoms with Crippen molar-refractivity contribution in [1.82, 2.24) is 14.3 Å². The van der Waals surface area contributed by atoms with E-state index in [1.54, 1.807) is 28.4 Å². The normalized spacial score (nSPS) is 12.9. The molecule has 0 radical (unpaired) electrons. The van der Waals surface area contributed by atoms with Crippen LogP contribution in [-0.2, 0) is 41.4 Å². The lowest BCUT2D eigenvalue weighted by atomic mass is 10.2. The SMILES string of the molecule is O=S(=O)(/C=C\c1ccc(Cl)cc1)Cc1nnc(CS(=O)(=O)NS(=O)(=O)c2ccc(Cl)cc2)o1. The Kier molecular flexibility index (Phi) is 7.61. The van der Waals surface area contributed by atoms with E-state index in [1.807, 2.05) is 0 Å². The Hall–Kier alpha value is -2.29. The zero-order chi connectivity index (χ0) is 24.3. The molecule has 0 fully saturated rings. The van der Waals surface area contributed by atoms with Gasteiger partial charge in [-0.1, -0.05) is 35.3 Å². The Labute approximate surface area is 200 Å². The second-order valence-corrected chi connectivity index (χ2v) is 13.0. The Morgan fingerprint density at radius 2 is 1.30 bits per heavy atom. The number of nitrogens with one attached hydrogen (secondary N) is 1. The van der Waals surface area contributed by atoms with Gasteiger partial charge in [0.1, 0.15) is 11.5 Å². The van der Waals surface area contributed by atoms with E-state index in [0.29, 0.717) is 10.6 Å². The molecule has 176 valence electrons. The summed E-state index contributed by atoms with van der Waals surface area (Å²) >= 11 is 11.5. The number of hydrogen-bond donors (Lipinski definition) is 1. The number of halogens is 2. The van der Waals surface area contributed by atoms with Crippen LogP contribution < -0.4 is 4.13 Å². The third kappa shape index (κ3) is 7.62. The van der Waals surface area contributed by atoms with E-state index < -0.39 is 47.3 Å². The summed E-state index contributed by atoms with van der Waals surface area (Å²) < 4.78 is 80.1. The summed E-state index contributed by atoms with van der Waals surface area (Å²) in [7, 11) is -12.7. The van der Waals surface area contributed by atoms with Crippen molar-refractivity contribution >= 4 is 59.2 Å². The van der Waals surface area contributed by atoms with Crippen molar-refractivity contribution < 1.29 is 29.7 Å². The molecule has 0 aliphatic rings. The molecule has 0 bridgehead atoms. The molecule has 0 unspecified atom stereocenters. The average molecular weight is 552 g/mol. The van der Waals surface area contributed by atoms with Crippen molar-refractivity contribution in [3.63, 3.8) is 0 Å². The standard InChI is InChI=1S/C18H15Cl2N3O7S3/c19-14-3-1-13(2-4-14)9-10-31(24,25)11-17-21-22-18(30-17)12-32(26,27)23-33(28,29)16-7-5-15(20)6-8-16/h1-10,23H,11-12H2/b10-9-. The molecule has 15 heteroatoms. The summed E-state index contributed by atoms with van der Waals surface area (Å²) in [6, 6.07) is 11.3. The number of rotatable bonds is 9. The lowest BCUT2D eigenvalue weighted by Crippen LogP contribution is -2.31. The average Bonchev–Trinajstić information content (AvgIpc) is 3.12. The minimum Gasteiger partial charge on any atom is -0.423 e. The zero-order valence-electron chi connectivity index (χ0n) is 16.4. The van der Waals surface area contributed by atoms with Crippen molar-refractivity contribution in [1.29, 1.82) is 0 Å². The predicted molar refractivity (Wildman–Crippen MR) is 122 cm³/mol. The molecule has 1 N–H and O–H groups in total. The van der Waals surface area contributed by atoms with E-state index in [2.05, 4.69) is 10.2 Å². The third-order valence-corrected chi connectivity index (χ3v) is 8.96. The Bertz CT molecular complexity index is 1480. The number of benzene rings is 2. The summed E-state index contributed by atoms with van der Waals surface area (Å²) in [5.74, 6) is -2.50. The molecule has 1 aromatic heterocycles. The molecule has 0 amide bonds. The van der Waals surface area contributed by atoms with Gasteiger partial charge in [-0.15, -0.1) is 14.3 Å². The first-order valence-corrected chi connectivity index (χ1v) is 14.4. The van der Waals surface area contributed by atoms with Gasteiger partial charge in [0, 0.05) is 15.5 Å². The summed E-state index contributed by atoms with van der Waals surface area (Å²) in [4.78, 5) is -0.319. The van der Waals surface area contributed by atoms with E-state index in [0.717, 1.165) is 17.5 Å². The van der Waals surface area contributed by atoms with Crippen molar-refractivity contribution in [3.8, 4) is 0 Å². The quantitative estimate of drug-likeness (QED) is 0.422. The highest BCUT2D eigenvalue weighted by Gasteiger charge is 2.26. The van der Waals surface area contributed by atoms with Gasteiger partial charge in [0.25, 0.3) is 10.0 Å². The number of hydrogen-bond acceptors (Lipinski definition) is 9. The third-order valence-electron chi connectivity index (χ3n) is 3.85. The Morgan fingerprint density at radius 1 is 0.788 bits per heavy atom. The van der Waals surface area contributed by atoms with Gasteiger partial charge in [0.15, 0.2) is 9.84 Å². The van der Waals surface area contributed by atoms with Crippen LogP contribution in [0.3, 0.4) is 0 Å². The molecule has 33 heavy (non-hydrogen) atoms. The van der Waals surface area contributed by atoms with E-state index >= 15 is 0 Å². The van der Waals surface area contributed by atoms with Crippen molar-refractivity contribution in [2.75, 3.05) is 0 Å². The maximum Gasteiger partial charge on any atom is 0.253 e. The van der Waals surface area contributed by atoms with Crippen LogP contribution in [0.15, 0.2) is 63.3 Å². The molecule has 3 rings (SSSR count). The van der Waals surface area contributed by atoms with Gasteiger partial charge in [0.05, 0.1) is 4.90 Å². The van der Waals surface area contributed by atoms with Crippen LogP contribution in [0.2, 0.25) is 10.0 Å². The molecular formula is C18H15Cl2N3O7S3. The predicted octanol–water partition coefficient (Wildman–Crippen LogP) is 2.77. The first-order valence-electron chi connectivity index (χ1n) is 8.83. The maximum atomic E-state index is 12.3. The fourth-order valence-corrected chi connectivity index (χ4v) is 6.47. The molecule has 0 spiro atoms. The molecular weight excluding hydrogens is 537 g/mol.